The second-order valence-corrected chi connectivity index (χ2v) is 6.96. The van der Waals surface area contributed by atoms with Crippen LogP contribution in [0.3, 0.4) is 0 Å². The molecule has 0 radical (unpaired) electrons. The van der Waals surface area contributed by atoms with Gasteiger partial charge in [-0.25, -0.2) is 0 Å². The second kappa shape index (κ2) is 11.8. The first-order chi connectivity index (χ1) is 15.3. The van der Waals surface area contributed by atoms with Crippen molar-refractivity contribution in [1.82, 2.24) is 0 Å². The second-order valence-electron chi connectivity index (χ2n) is 6.55. The average Bonchev–Trinajstić information content (AvgIpc) is 2.80. The van der Waals surface area contributed by atoms with Crippen LogP contribution in [0.25, 0.3) is 0 Å². The molecular weight excluding hydrogens is 440 g/mol. The molecule has 0 unspecified atom stereocenters. The molecular formula is C21H25ClN4O6. The number of nitro benzene ring substituents is 1. The van der Waals surface area contributed by atoms with Crippen molar-refractivity contribution in [3.05, 3.63) is 45.5 Å². The third-order valence-corrected chi connectivity index (χ3v) is 4.95. The summed E-state index contributed by atoms with van der Waals surface area (Å²) in [6.07, 6.45) is 0.931. The molecule has 10 nitrogen and oxygen atoms in total. The summed E-state index contributed by atoms with van der Waals surface area (Å²) < 4.78 is 15.7. The van der Waals surface area contributed by atoms with Crippen LogP contribution < -0.4 is 14.4 Å². The van der Waals surface area contributed by atoms with Crippen molar-refractivity contribution < 1.29 is 23.9 Å². The van der Waals surface area contributed by atoms with Crippen molar-refractivity contribution in [2.75, 3.05) is 39.3 Å². The Morgan fingerprint density at radius 3 is 2.34 bits per heavy atom. The molecule has 32 heavy (non-hydrogen) atoms. The van der Waals surface area contributed by atoms with Crippen molar-refractivity contribution in [3.63, 3.8) is 0 Å². The van der Waals surface area contributed by atoms with Crippen LogP contribution >= 0.6 is 11.6 Å². The Morgan fingerprint density at radius 2 is 1.78 bits per heavy atom. The Morgan fingerprint density at radius 1 is 1.09 bits per heavy atom. The van der Waals surface area contributed by atoms with Gasteiger partial charge in [0.15, 0.2) is 0 Å². The number of ether oxygens (including phenoxy) is 3. The van der Waals surface area contributed by atoms with E-state index in [1.165, 1.54) is 32.4 Å². The van der Waals surface area contributed by atoms with E-state index in [2.05, 4.69) is 15.1 Å². The first-order valence-corrected chi connectivity index (χ1v) is 10.2. The molecule has 0 bridgehead atoms. The summed E-state index contributed by atoms with van der Waals surface area (Å²) in [5.74, 6) is 0.745. The van der Waals surface area contributed by atoms with Crippen LogP contribution in [0.4, 0.5) is 22.7 Å². The monoisotopic (exact) mass is 464 g/mol. The number of halogens is 1. The number of anilines is 1. The SMILES string of the molecule is CCN(CCCC(=O)OC)c1cc(OC)c(N=Nc2ccc([N+](=O)[O-])cc2Cl)cc1OC. The lowest BCUT2D eigenvalue weighted by Crippen LogP contribution is -2.25. The molecule has 0 saturated carbocycles. The van der Waals surface area contributed by atoms with Gasteiger partial charge in [0.25, 0.3) is 5.69 Å². The molecule has 0 atom stereocenters. The first kappa shape index (κ1) is 24.9. The van der Waals surface area contributed by atoms with Crippen LogP contribution in [0.1, 0.15) is 19.8 Å². The minimum absolute atomic E-state index is 0.105. The van der Waals surface area contributed by atoms with Crippen LogP contribution in [-0.2, 0) is 9.53 Å². The summed E-state index contributed by atoms with van der Waals surface area (Å²) in [7, 11) is 4.42. The molecule has 0 spiro atoms. The molecule has 0 aliphatic rings. The van der Waals surface area contributed by atoms with Gasteiger partial charge in [-0.3, -0.25) is 14.9 Å². The van der Waals surface area contributed by atoms with Gasteiger partial charge in [0, 0.05) is 43.8 Å². The maximum Gasteiger partial charge on any atom is 0.305 e. The topological polar surface area (TPSA) is 116 Å². The molecule has 0 saturated heterocycles. The van der Waals surface area contributed by atoms with Gasteiger partial charge in [-0.2, -0.15) is 0 Å². The Balaban J connectivity index is 2.32. The number of nitro groups is 1. The van der Waals surface area contributed by atoms with E-state index in [0.29, 0.717) is 43.1 Å². The van der Waals surface area contributed by atoms with E-state index in [0.717, 1.165) is 5.69 Å². The van der Waals surface area contributed by atoms with E-state index in [1.807, 2.05) is 6.92 Å². The smallest absolute Gasteiger partial charge is 0.305 e. The van der Waals surface area contributed by atoms with Gasteiger partial charge in [-0.05, 0) is 19.4 Å². The Bertz CT molecular complexity index is 998. The number of benzene rings is 2. The number of esters is 1. The Labute approximate surface area is 190 Å². The molecule has 2 rings (SSSR count). The van der Waals surface area contributed by atoms with E-state index in [1.54, 1.807) is 19.2 Å². The number of carbonyl (C=O) groups is 1. The molecule has 172 valence electrons. The molecule has 0 aliphatic heterocycles. The van der Waals surface area contributed by atoms with E-state index in [4.69, 9.17) is 25.8 Å². The van der Waals surface area contributed by atoms with Crippen molar-refractivity contribution in [1.29, 1.82) is 0 Å². The summed E-state index contributed by atoms with van der Waals surface area (Å²) in [5, 5.41) is 19.3. The van der Waals surface area contributed by atoms with Crippen LogP contribution in [0.5, 0.6) is 11.5 Å². The minimum Gasteiger partial charge on any atom is -0.494 e. The molecule has 0 amide bonds. The lowest BCUT2D eigenvalue weighted by Gasteiger charge is -2.25. The van der Waals surface area contributed by atoms with Crippen LogP contribution in [0.15, 0.2) is 40.6 Å². The summed E-state index contributed by atoms with van der Waals surface area (Å²) in [6, 6.07) is 7.40. The van der Waals surface area contributed by atoms with E-state index >= 15 is 0 Å². The Hall–Kier alpha value is -3.40. The number of non-ortho nitro benzene ring substituents is 1. The average molecular weight is 465 g/mol. The van der Waals surface area contributed by atoms with Gasteiger partial charge >= 0.3 is 5.97 Å². The Kier molecular flexibility index (Phi) is 9.21. The largest absolute Gasteiger partial charge is 0.494 e. The van der Waals surface area contributed by atoms with Crippen molar-refractivity contribution in [2.24, 2.45) is 10.2 Å². The highest BCUT2D eigenvalue weighted by Gasteiger charge is 2.17. The van der Waals surface area contributed by atoms with Crippen LogP contribution in [-0.4, -0.2) is 45.3 Å². The molecule has 0 aromatic heterocycles. The third kappa shape index (κ3) is 6.30. The predicted molar refractivity (Wildman–Crippen MR) is 121 cm³/mol. The minimum atomic E-state index is -0.538. The van der Waals surface area contributed by atoms with Gasteiger partial charge in [0.05, 0.1) is 37.0 Å². The fourth-order valence-electron chi connectivity index (χ4n) is 2.95. The fourth-order valence-corrected chi connectivity index (χ4v) is 3.17. The highest BCUT2D eigenvalue weighted by molar-refractivity contribution is 6.33. The molecule has 0 aliphatic carbocycles. The number of carbonyl (C=O) groups excluding carboxylic acids is 1. The quantitative estimate of drug-likeness (QED) is 0.187. The highest BCUT2D eigenvalue weighted by Crippen LogP contribution is 2.41. The number of hydrogen-bond acceptors (Lipinski definition) is 9. The van der Waals surface area contributed by atoms with E-state index < -0.39 is 4.92 Å². The zero-order valence-corrected chi connectivity index (χ0v) is 19.1. The van der Waals surface area contributed by atoms with Gasteiger partial charge in [0.1, 0.15) is 22.9 Å². The summed E-state index contributed by atoms with van der Waals surface area (Å²) >= 11 is 6.09. The number of nitrogens with zero attached hydrogens (tertiary/aromatic N) is 4. The van der Waals surface area contributed by atoms with Crippen LogP contribution in [0, 0.1) is 10.1 Å². The van der Waals surface area contributed by atoms with Crippen molar-refractivity contribution in [3.8, 4) is 11.5 Å². The van der Waals surface area contributed by atoms with Gasteiger partial charge in [-0.15, -0.1) is 10.2 Å². The van der Waals surface area contributed by atoms with E-state index in [9.17, 15) is 14.9 Å². The van der Waals surface area contributed by atoms with E-state index in [-0.39, 0.29) is 22.4 Å². The fraction of sp³-hybridized carbons (Fsp3) is 0.381. The van der Waals surface area contributed by atoms with Crippen LogP contribution in [0.2, 0.25) is 5.02 Å². The number of rotatable bonds is 11. The maximum absolute atomic E-state index is 11.4. The summed E-state index contributed by atoms with van der Waals surface area (Å²) in [6.45, 7) is 3.29. The lowest BCUT2D eigenvalue weighted by molar-refractivity contribution is -0.384. The van der Waals surface area contributed by atoms with Gasteiger partial charge in [-0.1, -0.05) is 11.6 Å². The molecule has 11 heteroatoms. The van der Waals surface area contributed by atoms with Gasteiger partial charge < -0.3 is 19.1 Å². The normalized spacial score (nSPS) is 10.8. The number of methoxy groups -OCH3 is 3. The zero-order chi connectivity index (χ0) is 23.7. The lowest BCUT2D eigenvalue weighted by atomic mass is 10.2. The zero-order valence-electron chi connectivity index (χ0n) is 18.3. The molecule has 0 heterocycles. The highest BCUT2D eigenvalue weighted by atomic mass is 35.5. The summed E-state index contributed by atoms with van der Waals surface area (Å²) in [4.78, 5) is 23.8. The standard InChI is InChI=1S/C21H25ClN4O6/c1-5-25(10-6-7-21(27)32-4)18-13-19(30-2)17(12-20(18)31-3)24-23-16-9-8-14(26(28)29)11-15(16)22/h8-9,11-13H,5-7,10H2,1-4H3. The van der Waals surface area contributed by atoms with Crippen molar-refractivity contribution in [2.45, 2.75) is 19.8 Å². The molecule has 0 fully saturated rings. The maximum atomic E-state index is 11.4. The molecule has 2 aromatic rings. The third-order valence-electron chi connectivity index (χ3n) is 4.65. The number of hydrogen-bond donors (Lipinski definition) is 0. The predicted octanol–water partition coefficient (Wildman–Crippen LogP) is 5.46. The molecule has 0 N–H and O–H groups in total. The van der Waals surface area contributed by atoms with Crippen molar-refractivity contribution >= 4 is 40.3 Å². The van der Waals surface area contributed by atoms with Gasteiger partial charge in [0.2, 0.25) is 0 Å². The first-order valence-electron chi connectivity index (χ1n) is 9.78. The summed E-state index contributed by atoms with van der Waals surface area (Å²) in [5.41, 5.74) is 1.32. The molecule has 2 aromatic carbocycles. The number of azo groups is 1.